The van der Waals surface area contributed by atoms with Crippen molar-refractivity contribution in [2.24, 2.45) is 0 Å². The van der Waals surface area contributed by atoms with Crippen molar-refractivity contribution in [2.75, 3.05) is 5.73 Å². The van der Waals surface area contributed by atoms with Crippen molar-refractivity contribution in [3.05, 3.63) is 29.5 Å². The number of nitrogen functional groups attached to an aromatic ring is 1. The monoisotopic (exact) mass is 244 g/mol. The lowest BCUT2D eigenvalue weighted by atomic mass is 10.1. The maximum absolute atomic E-state index is 12.4. The third-order valence-corrected chi connectivity index (χ3v) is 2.38. The van der Waals surface area contributed by atoms with Crippen LogP contribution in [-0.4, -0.2) is 16.1 Å². The first kappa shape index (κ1) is 11.3. The fraction of sp³-hybridized carbons (Fsp3) is 0.100. The summed E-state index contributed by atoms with van der Waals surface area (Å²) in [6, 6.07) is 2.84. The Morgan fingerprint density at radius 2 is 2.00 bits per heavy atom. The quantitative estimate of drug-likeness (QED) is 0.720. The summed E-state index contributed by atoms with van der Waals surface area (Å²) in [6.07, 6.45) is -4.47. The second-order valence-corrected chi connectivity index (χ2v) is 3.48. The first-order chi connectivity index (χ1) is 7.80. The Labute approximate surface area is 92.8 Å². The van der Waals surface area contributed by atoms with Crippen LogP contribution in [0.2, 0.25) is 0 Å². The zero-order valence-electron chi connectivity index (χ0n) is 8.30. The number of rotatable bonds is 1. The minimum absolute atomic E-state index is 0.0507. The number of fused-ring (bicyclic) bond motifs is 1. The van der Waals surface area contributed by atoms with Crippen molar-refractivity contribution in [1.82, 2.24) is 4.98 Å². The van der Waals surface area contributed by atoms with Gasteiger partial charge >= 0.3 is 12.1 Å². The number of benzene rings is 1. The highest BCUT2D eigenvalue weighted by Crippen LogP contribution is 2.33. The van der Waals surface area contributed by atoms with Gasteiger partial charge in [-0.2, -0.15) is 13.2 Å². The van der Waals surface area contributed by atoms with E-state index in [0.717, 1.165) is 18.2 Å². The minimum atomic E-state index is -4.47. The van der Waals surface area contributed by atoms with E-state index in [9.17, 15) is 18.0 Å². The van der Waals surface area contributed by atoms with Crippen molar-refractivity contribution < 1.29 is 23.1 Å². The Bertz CT molecular complexity index is 601. The number of aromatic nitrogens is 1. The maximum Gasteiger partial charge on any atom is 0.416 e. The summed E-state index contributed by atoms with van der Waals surface area (Å²) in [7, 11) is 0. The van der Waals surface area contributed by atoms with Crippen LogP contribution in [0.4, 0.5) is 18.9 Å². The van der Waals surface area contributed by atoms with Crippen LogP contribution in [0.25, 0.3) is 10.9 Å². The Kier molecular flexibility index (Phi) is 2.27. The number of hydrogen-bond donors (Lipinski definition) is 3. The number of aromatic amines is 1. The van der Waals surface area contributed by atoms with Gasteiger partial charge in [0.1, 0.15) is 5.69 Å². The van der Waals surface area contributed by atoms with Crippen molar-refractivity contribution in [3.8, 4) is 0 Å². The van der Waals surface area contributed by atoms with Crippen LogP contribution in [0.5, 0.6) is 0 Å². The minimum Gasteiger partial charge on any atom is -0.477 e. The number of aromatic carboxylic acids is 1. The molecule has 4 nitrogen and oxygen atoms in total. The number of H-pyrrole nitrogens is 1. The van der Waals surface area contributed by atoms with E-state index in [1.165, 1.54) is 0 Å². The lowest BCUT2D eigenvalue weighted by molar-refractivity contribution is -0.137. The van der Waals surface area contributed by atoms with Crippen LogP contribution >= 0.6 is 0 Å². The topological polar surface area (TPSA) is 79.1 Å². The van der Waals surface area contributed by atoms with Crippen LogP contribution in [-0.2, 0) is 6.18 Å². The lowest BCUT2D eigenvalue weighted by Crippen LogP contribution is -2.04. The highest BCUT2D eigenvalue weighted by Gasteiger charge is 2.31. The van der Waals surface area contributed by atoms with E-state index in [1.807, 2.05) is 0 Å². The molecule has 0 fully saturated rings. The molecule has 90 valence electrons. The fourth-order valence-corrected chi connectivity index (χ4v) is 1.56. The van der Waals surface area contributed by atoms with Gasteiger partial charge in [0.25, 0.3) is 0 Å². The van der Waals surface area contributed by atoms with Crippen LogP contribution in [0.3, 0.4) is 0 Å². The molecule has 0 aliphatic heterocycles. The van der Waals surface area contributed by atoms with Crippen molar-refractivity contribution >= 4 is 22.6 Å². The summed E-state index contributed by atoms with van der Waals surface area (Å²) in [5.41, 5.74) is 4.32. The summed E-state index contributed by atoms with van der Waals surface area (Å²) >= 11 is 0. The highest BCUT2D eigenvalue weighted by atomic mass is 19.4. The Balaban J connectivity index is 2.68. The summed E-state index contributed by atoms with van der Waals surface area (Å²) < 4.78 is 37.3. The maximum atomic E-state index is 12.4. The van der Waals surface area contributed by atoms with E-state index in [-0.39, 0.29) is 22.3 Å². The van der Waals surface area contributed by atoms with Gasteiger partial charge in [0.05, 0.1) is 11.3 Å². The zero-order chi connectivity index (χ0) is 12.8. The second-order valence-electron chi connectivity index (χ2n) is 3.48. The SMILES string of the molecule is Nc1c(C(=O)O)[nH]c2cc(C(F)(F)F)ccc12. The summed E-state index contributed by atoms with van der Waals surface area (Å²) in [5.74, 6) is -1.31. The standard InChI is InChI=1S/C10H7F3N2O2/c11-10(12,13)4-1-2-5-6(3-4)15-8(7(5)14)9(16)17/h1-3,15H,14H2,(H,16,17). The van der Waals surface area contributed by atoms with Gasteiger partial charge < -0.3 is 15.8 Å². The van der Waals surface area contributed by atoms with Gasteiger partial charge in [-0.15, -0.1) is 0 Å². The van der Waals surface area contributed by atoms with Crippen LogP contribution in [0.15, 0.2) is 18.2 Å². The Morgan fingerprint density at radius 3 is 2.53 bits per heavy atom. The number of carboxylic acids is 1. The number of carbonyl (C=O) groups is 1. The summed E-state index contributed by atoms with van der Waals surface area (Å²) in [4.78, 5) is 13.1. The predicted molar refractivity (Wildman–Crippen MR) is 54.7 cm³/mol. The molecule has 0 amide bonds. The fourth-order valence-electron chi connectivity index (χ4n) is 1.56. The van der Waals surface area contributed by atoms with Gasteiger partial charge in [-0.1, -0.05) is 6.07 Å². The van der Waals surface area contributed by atoms with Crippen LogP contribution in [0, 0.1) is 0 Å². The molecular weight excluding hydrogens is 237 g/mol. The first-order valence-corrected chi connectivity index (χ1v) is 4.52. The molecule has 2 rings (SSSR count). The second kappa shape index (κ2) is 3.41. The van der Waals surface area contributed by atoms with E-state index < -0.39 is 17.7 Å². The number of alkyl halides is 3. The third-order valence-electron chi connectivity index (χ3n) is 2.38. The van der Waals surface area contributed by atoms with Crippen LogP contribution in [0.1, 0.15) is 16.1 Å². The van der Waals surface area contributed by atoms with Crippen LogP contribution < -0.4 is 5.73 Å². The number of anilines is 1. The molecule has 0 saturated heterocycles. The van der Waals surface area contributed by atoms with Gasteiger partial charge in [0.15, 0.2) is 0 Å². The molecule has 1 heterocycles. The molecule has 0 radical (unpaired) electrons. The molecule has 7 heteroatoms. The van der Waals surface area contributed by atoms with E-state index in [2.05, 4.69) is 4.98 Å². The molecule has 0 spiro atoms. The largest absolute Gasteiger partial charge is 0.477 e. The first-order valence-electron chi connectivity index (χ1n) is 4.52. The molecule has 0 aliphatic rings. The molecule has 0 unspecified atom stereocenters. The molecule has 1 aromatic heterocycles. The van der Waals surface area contributed by atoms with Gasteiger partial charge in [-0.05, 0) is 12.1 Å². The zero-order valence-corrected chi connectivity index (χ0v) is 8.30. The molecule has 0 atom stereocenters. The molecule has 0 aliphatic carbocycles. The lowest BCUT2D eigenvalue weighted by Gasteiger charge is -2.05. The van der Waals surface area contributed by atoms with E-state index >= 15 is 0 Å². The van der Waals surface area contributed by atoms with Gasteiger partial charge in [-0.25, -0.2) is 4.79 Å². The van der Waals surface area contributed by atoms with Gasteiger partial charge in [0, 0.05) is 10.9 Å². The number of halogens is 3. The van der Waals surface area contributed by atoms with E-state index in [0.29, 0.717) is 0 Å². The number of nitrogens with one attached hydrogen (secondary N) is 1. The molecule has 1 aromatic carbocycles. The van der Waals surface area contributed by atoms with E-state index in [4.69, 9.17) is 10.8 Å². The third kappa shape index (κ3) is 1.79. The molecule has 4 N–H and O–H groups in total. The van der Waals surface area contributed by atoms with E-state index in [1.54, 1.807) is 0 Å². The number of carboxylic acid groups (broad SMARTS) is 1. The van der Waals surface area contributed by atoms with Gasteiger partial charge in [0.2, 0.25) is 0 Å². The average Bonchev–Trinajstić information content (AvgIpc) is 2.54. The average molecular weight is 244 g/mol. The van der Waals surface area contributed by atoms with Crippen molar-refractivity contribution in [1.29, 1.82) is 0 Å². The predicted octanol–water partition coefficient (Wildman–Crippen LogP) is 2.47. The molecule has 0 bridgehead atoms. The van der Waals surface area contributed by atoms with Crippen molar-refractivity contribution in [3.63, 3.8) is 0 Å². The molecule has 2 aromatic rings. The number of hydrogen-bond acceptors (Lipinski definition) is 2. The molecular formula is C10H7F3N2O2. The molecule has 0 saturated carbocycles. The smallest absolute Gasteiger partial charge is 0.416 e. The highest BCUT2D eigenvalue weighted by molar-refractivity contribution is 6.04. The summed E-state index contributed by atoms with van der Waals surface area (Å²) in [6.45, 7) is 0. The van der Waals surface area contributed by atoms with Crippen molar-refractivity contribution in [2.45, 2.75) is 6.18 Å². The molecule has 17 heavy (non-hydrogen) atoms. The Hall–Kier alpha value is -2.18. The normalized spacial score (nSPS) is 11.9. The summed E-state index contributed by atoms with van der Waals surface area (Å²) in [5, 5.41) is 9.02. The Morgan fingerprint density at radius 1 is 1.35 bits per heavy atom. The van der Waals surface area contributed by atoms with Gasteiger partial charge in [-0.3, -0.25) is 0 Å². The number of nitrogens with two attached hydrogens (primary N) is 1.